The van der Waals surface area contributed by atoms with Gasteiger partial charge < -0.3 is 9.80 Å². The monoisotopic (exact) mass is 298 g/mol. The summed E-state index contributed by atoms with van der Waals surface area (Å²) in [6.07, 6.45) is 5.77. The number of carbonyl (C=O) groups excluding carboxylic acids is 2. The van der Waals surface area contributed by atoms with Gasteiger partial charge in [-0.2, -0.15) is 0 Å². The Balaban J connectivity index is 1.93. The molecule has 0 spiro atoms. The Morgan fingerprint density at radius 3 is 2.55 bits per heavy atom. The number of likely N-dealkylation sites (tertiary alicyclic amines) is 1. The minimum Gasteiger partial charge on any atom is -0.339 e. The first-order chi connectivity index (χ1) is 10.7. The number of fused-ring (bicyclic) bond motifs is 1. The van der Waals surface area contributed by atoms with Crippen molar-refractivity contribution in [2.24, 2.45) is 0 Å². The van der Waals surface area contributed by atoms with Gasteiger partial charge >= 0.3 is 0 Å². The third-order valence-corrected chi connectivity index (χ3v) is 4.38. The SMILES string of the molecule is CCCCN1C(=O)c2ccccc2/C1=C\C(=O)N1CCCC1. The van der Waals surface area contributed by atoms with E-state index in [1.165, 1.54) is 0 Å². The number of unbranched alkanes of at least 4 members (excludes halogenated alkanes) is 1. The van der Waals surface area contributed by atoms with Crippen molar-refractivity contribution in [2.45, 2.75) is 32.6 Å². The number of carbonyl (C=O) groups is 2. The quantitative estimate of drug-likeness (QED) is 0.802. The predicted octanol–water partition coefficient (Wildman–Crippen LogP) is 2.91. The van der Waals surface area contributed by atoms with Gasteiger partial charge in [0.1, 0.15) is 0 Å². The summed E-state index contributed by atoms with van der Waals surface area (Å²) in [7, 11) is 0. The molecule has 2 aliphatic heterocycles. The van der Waals surface area contributed by atoms with E-state index in [2.05, 4.69) is 6.92 Å². The zero-order valence-electron chi connectivity index (χ0n) is 13.0. The Hall–Kier alpha value is -2.10. The Bertz CT molecular complexity index is 615. The van der Waals surface area contributed by atoms with E-state index < -0.39 is 0 Å². The minimum atomic E-state index is 0.0181. The first kappa shape index (κ1) is 14.8. The van der Waals surface area contributed by atoms with E-state index in [1.807, 2.05) is 29.2 Å². The molecule has 0 N–H and O–H groups in total. The molecule has 0 radical (unpaired) electrons. The van der Waals surface area contributed by atoms with E-state index >= 15 is 0 Å². The highest BCUT2D eigenvalue weighted by molar-refractivity contribution is 6.12. The van der Waals surface area contributed by atoms with Crippen LogP contribution in [0, 0.1) is 0 Å². The van der Waals surface area contributed by atoms with Crippen molar-refractivity contribution >= 4 is 17.5 Å². The smallest absolute Gasteiger partial charge is 0.258 e. The first-order valence-electron chi connectivity index (χ1n) is 8.14. The molecule has 2 amide bonds. The molecule has 1 saturated heterocycles. The van der Waals surface area contributed by atoms with Crippen molar-refractivity contribution in [3.63, 3.8) is 0 Å². The third kappa shape index (κ3) is 2.65. The molecule has 22 heavy (non-hydrogen) atoms. The van der Waals surface area contributed by atoms with Gasteiger partial charge in [-0.15, -0.1) is 0 Å². The molecule has 4 heteroatoms. The van der Waals surface area contributed by atoms with E-state index in [0.29, 0.717) is 12.1 Å². The highest BCUT2D eigenvalue weighted by Crippen LogP contribution is 2.33. The van der Waals surface area contributed by atoms with Gasteiger partial charge in [0, 0.05) is 36.8 Å². The Morgan fingerprint density at radius 2 is 1.86 bits per heavy atom. The Morgan fingerprint density at radius 1 is 1.18 bits per heavy atom. The molecular weight excluding hydrogens is 276 g/mol. The standard InChI is InChI=1S/C18H22N2O2/c1-2-3-12-20-16(13-17(21)19-10-6-7-11-19)14-8-4-5-9-15(14)18(20)22/h4-5,8-9,13H,2-3,6-7,10-12H2,1H3/b16-13+. The molecule has 0 saturated carbocycles. The fourth-order valence-electron chi connectivity index (χ4n) is 3.13. The molecule has 0 atom stereocenters. The molecule has 0 bridgehead atoms. The van der Waals surface area contributed by atoms with E-state index in [-0.39, 0.29) is 11.8 Å². The second-order valence-electron chi connectivity index (χ2n) is 5.92. The van der Waals surface area contributed by atoms with Crippen molar-refractivity contribution in [3.8, 4) is 0 Å². The summed E-state index contributed by atoms with van der Waals surface area (Å²) in [6.45, 7) is 4.43. The highest BCUT2D eigenvalue weighted by atomic mass is 16.2. The zero-order chi connectivity index (χ0) is 15.5. The number of nitrogens with zero attached hydrogens (tertiary/aromatic N) is 2. The zero-order valence-corrected chi connectivity index (χ0v) is 13.0. The lowest BCUT2D eigenvalue weighted by atomic mass is 10.1. The van der Waals surface area contributed by atoms with Crippen LogP contribution in [0.2, 0.25) is 0 Å². The fourth-order valence-corrected chi connectivity index (χ4v) is 3.13. The van der Waals surface area contributed by atoms with Crippen LogP contribution in [-0.4, -0.2) is 41.2 Å². The van der Waals surface area contributed by atoms with Crippen molar-refractivity contribution in [3.05, 3.63) is 41.5 Å². The van der Waals surface area contributed by atoms with Gasteiger partial charge in [-0.1, -0.05) is 31.5 Å². The summed E-state index contributed by atoms with van der Waals surface area (Å²) in [5.74, 6) is 0.0445. The van der Waals surface area contributed by atoms with E-state index in [0.717, 1.165) is 50.0 Å². The topological polar surface area (TPSA) is 40.6 Å². The van der Waals surface area contributed by atoms with Crippen LogP contribution in [0.3, 0.4) is 0 Å². The normalized spacial score (nSPS) is 19.1. The first-order valence-corrected chi connectivity index (χ1v) is 8.14. The van der Waals surface area contributed by atoms with Crippen LogP contribution < -0.4 is 0 Å². The summed E-state index contributed by atoms with van der Waals surface area (Å²) < 4.78 is 0. The number of benzene rings is 1. The molecule has 2 aliphatic rings. The predicted molar refractivity (Wildman–Crippen MR) is 86.2 cm³/mol. The van der Waals surface area contributed by atoms with E-state index in [9.17, 15) is 9.59 Å². The van der Waals surface area contributed by atoms with Gasteiger partial charge in [-0.25, -0.2) is 0 Å². The maximum absolute atomic E-state index is 12.6. The van der Waals surface area contributed by atoms with Gasteiger partial charge in [-0.05, 0) is 25.3 Å². The van der Waals surface area contributed by atoms with Gasteiger partial charge in [0.15, 0.2) is 0 Å². The van der Waals surface area contributed by atoms with Gasteiger partial charge in [-0.3, -0.25) is 9.59 Å². The minimum absolute atomic E-state index is 0.0181. The van der Waals surface area contributed by atoms with Crippen LogP contribution in [0.25, 0.3) is 5.70 Å². The molecule has 3 rings (SSSR count). The van der Waals surface area contributed by atoms with Crippen LogP contribution in [0.4, 0.5) is 0 Å². The molecule has 116 valence electrons. The second-order valence-corrected chi connectivity index (χ2v) is 5.92. The van der Waals surface area contributed by atoms with Crippen molar-refractivity contribution in [1.29, 1.82) is 0 Å². The van der Waals surface area contributed by atoms with Crippen LogP contribution in [0.1, 0.15) is 48.5 Å². The van der Waals surface area contributed by atoms with Crippen LogP contribution in [0.5, 0.6) is 0 Å². The number of rotatable bonds is 4. The van der Waals surface area contributed by atoms with Crippen molar-refractivity contribution in [1.82, 2.24) is 9.80 Å². The maximum atomic E-state index is 12.6. The van der Waals surface area contributed by atoms with Crippen LogP contribution in [0.15, 0.2) is 30.3 Å². The Kier molecular flexibility index (Phi) is 4.27. The van der Waals surface area contributed by atoms with Gasteiger partial charge in [0.25, 0.3) is 5.91 Å². The van der Waals surface area contributed by atoms with E-state index in [4.69, 9.17) is 0 Å². The number of amides is 2. The molecule has 1 aromatic rings. The number of hydrogen-bond donors (Lipinski definition) is 0. The molecule has 0 unspecified atom stereocenters. The lowest BCUT2D eigenvalue weighted by Crippen LogP contribution is -2.28. The van der Waals surface area contributed by atoms with Crippen molar-refractivity contribution < 1.29 is 9.59 Å². The number of hydrogen-bond acceptors (Lipinski definition) is 2. The third-order valence-electron chi connectivity index (χ3n) is 4.38. The average Bonchev–Trinajstić information content (AvgIpc) is 3.15. The van der Waals surface area contributed by atoms with Crippen molar-refractivity contribution in [2.75, 3.05) is 19.6 Å². The molecular formula is C18H22N2O2. The molecule has 4 nitrogen and oxygen atoms in total. The molecule has 1 aromatic carbocycles. The van der Waals surface area contributed by atoms with Gasteiger partial charge in [0.2, 0.25) is 5.91 Å². The summed E-state index contributed by atoms with van der Waals surface area (Å²) in [6, 6.07) is 7.57. The molecule has 0 aromatic heterocycles. The highest BCUT2D eigenvalue weighted by Gasteiger charge is 2.32. The Labute approximate surface area is 131 Å². The summed E-state index contributed by atoms with van der Waals surface area (Å²) >= 11 is 0. The summed E-state index contributed by atoms with van der Waals surface area (Å²) in [4.78, 5) is 28.7. The maximum Gasteiger partial charge on any atom is 0.258 e. The summed E-state index contributed by atoms with van der Waals surface area (Å²) in [5, 5.41) is 0. The second kappa shape index (κ2) is 6.34. The fraction of sp³-hybridized carbons (Fsp3) is 0.444. The lowest BCUT2D eigenvalue weighted by molar-refractivity contribution is -0.124. The van der Waals surface area contributed by atoms with Crippen LogP contribution in [-0.2, 0) is 4.79 Å². The summed E-state index contributed by atoms with van der Waals surface area (Å²) in [5.41, 5.74) is 2.36. The molecule has 1 fully saturated rings. The van der Waals surface area contributed by atoms with Gasteiger partial charge in [0.05, 0.1) is 5.70 Å². The average molecular weight is 298 g/mol. The van der Waals surface area contributed by atoms with E-state index in [1.54, 1.807) is 11.0 Å². The largest absolute Gasteiger partial charge is 0.339 e. The molecule has 0 aliphatic carbocycles. The van der Waals surface area contributed by atoms with Crippen LogP contribution >= 0.6 is 0 Å². The lowest BCUT2D eigenvalue weighted by Gasteiger charge is -2.19. The molecule has 2 heterocycles.